The number of anilines is 1. The van der Waals surface area contributed by atoms with Gasteiger partial charge in [0.25, 0.3) is 0 Å². The third kappa shape index (κ3) is 3.61. The van der Waals surface area contributed by atoms with Crippen LogP contribution in [0.3, 0.4) is 0 Å². The zero-order valence-corrected chi connectivity index (χ0v) is 14.8. The number of benzene rings is 2. The van der Waals surface area contributed by atoms with Gasteiger partial charge in [0.15, 0.2) is 4.47 Å². The first-order valence-electron chi connectivity index (χ1n) is 7.98. The molecule has 2 aromatic carbocycles. The molecule has 0 aliphatic carbocycles. The Balaban J connectivity index is 1.39. The second-order valence-electron chi connectivity index (χ2n) is 6.05. The highest BCUT2D eigenvalue weighted by atomic mass is 35.5. The first kappa shape index (κ1) is 15.6. The number of nitrogens with one attached hydrogen (secondary N) is 1. The lowest BCUT2D eigenvalue weighted by atomic mass is 10.1. The van der Waals surface area contributed by atoms with Crippen molar-refractivity contribution in [2.24, 2.45) is 0 Å². The summed E-state index contributed by atoms with van der Waals surface area (Å²) in [6.07, 6.45) is 1.83. The number of hydrogen-bond acceptors (Lipinski definition) is 4. The van der Waals surface area contributed by atoms with Crippen LogP contribution in [0.4, 0.5) is 5.69 Å². The molecule has 24 heavy (non-hydrogen) atoms. The van der Waals surface area contributed by atoms with Gasteiger partial charge in [-0.05, 0) is 28.8 Å². The molecule has 3 aromatic rings. The summed E-state index contributed by atoms with van der Waals surface area (Å²) in [5.74, 6) is 0. The maximum atomic E-state index is 5.88. The summed E-state index contributed by atoms with van der Waals surface area (Å²) in [5.41, 5.74) is 5.36. The third-order valence-electron chi connectivity index (χ3n) is 4.24. The van der Waals surface area contributed by atoms with Crippen LogP contribution in [0, 0.1) is 0 Å². The molecule has 0 saturated carbocycles. The Kier molecular flexibility index (Phi) is 4.52. The number of hydrogen-bond donors (Lipinski definition) is 1. The number of thiazole rings is 1. The lowest BCUT2D eigenvalue weighted by molar-refractivity contribution is 0.275. The van der Waals surface area contributed by atoms with Crippen molar-refractivity contribution in [1.29, 1.82) is 0 Å². The van der Waals surface area contributed by atoms with E-state index in [9.17, 15) is 0 Å². The number of fused-ring (bicyclic) bond motifs is 1. The van der Waals surface area contributed by atoms with Crippen LogP contribution in [0.5, 0.6) is 0 Å². The van der Waals surface area contributed by atoms with Gasteiger partial charge in [-0.15, -0.1) is 11.3 Å². The zero-order chi connectivity index (χ0) is 16.4. The van der Waals surface area contributed by atoms with Gasteiger partial charge in [-0.25, -0.2) is 4.98 Å². The average Bonchev–Trinajstić information content (AvgIpc) is 3.18. The van der Waals surface area contributed by atoms with Crippen molar-refractivity contribution in [3.8, 4) is 0 Å². The van der Waals surface area contributed by atoms with Crippen molar-refractivity contribution in [3.05, 3.63) is 80.8 Å². The lowest BCUT2D eigenvalue weighted by Crippen LogP contribution is -2.15. The largest absolute Gasteiger partial charge is 0.380 e. The number of aromatic nitrogens is 1. The molecule has 0 unspecified atom stereocenters. The number of nitrogens with zero attached hydrogens (tertiary/aromatic N) is 2. The summed E-state index contributed by atoms with van der Waals surface area (Å²) in [6.45, 7) is 3.79. The van der Waals surface area contributed by atoms with Crippen LogP contribution >= 0.6 is 22.9 Å². The zero-order valence-electron chi connectivity index (χ0n) is 13.2. The highest BCUT2D eigenvalue weighted by Crippen LogP contribution is 2.27. The molecule has 122 valence electrons. The first-order chi connectivity index (χ1) is 11.8. The Hall–Kier alpha value is -1.88. The van der Waals surface area contributed by atoms with Crippen molar-refractivity contribution in [1.82, 2.24) is 9.88 Å². The maximum Gasteiger partial charge on any atom is 0.183 e. The molecule has 2 heterocycles. The molecular weight excluding hydrogens is 338 g/mol. The molecule has 0 amide bonds. The molecule has 1 N–H and O–H groups in total. The first-order valence-corrected chi connectivity index (χ1v) is 9.18. The average molecular weight is 356 g/mol. The highest BCUT2D eigenvalue weighted by molar-refractivity contribution is 7.15. The van der Waals surface area contributed by atoms with Crippen molar-refractivity contribution < 1.29 is 0 Å². The summed E-state index contributed by atoms with van der Waals surface area (Å²) in [4.78, 5) is 7.70. The minimum absolute atomic E-state index is 0.595. The predicted molar refractivity (Wildman–Crippen MR) is 100 cm³/mol. The smallest absolute Gasteiger partial charge is 0.183 e. The van der Waals surface area contributed by atoms with Crippen LogP contribution in [0.15, 0.2) is 54.7 Å². The van der Waals surface area contributed by atoms with E-state index in [1.807, 2.05) is 6.20 Å². The van der Waals surface area contributed by atoms with Crippen LogP contribution in [-0.4, -0.2) is 9.88 Å². The molecule has 5 heteroatoms. The molecule has 1 aliphatic rings. The van der Waals surface area contributed by atoms with Gasteiger partial charge in [0.05, 0.1) is 6.54 Å². The lowest BCUT2D eigenvalue weighted by Gasteiger charge is -2.14. The predicted octanol–water partition coefficient (Wildman–Crippen LogP) is 4.92. The van der Waals surface area contributed by atoms with Gasteiger partial charge in [-0.1, -0.05) is 48.0 Å². The van der Waals surface area contributed by atoms with E-state index in [0.717, 1.165) is 36.7 Å². The van der Waals surface area contributed by atoms with E-state index in [2.05, 4.69) is 63.7 Å². The second kappa shape index (κ2) is 6.93. The van der Waals surface area contributed by atoms with Gasteiger partial charge in [-0.3, -0.25) is 4.90 Å². The normalized spacial score (nSPS) is 13.9. The van der Waals surface area contributed by atoms with Crippen molar-refractivity contribution in [2.45, 2.75) is 26.2 Å². The Labute approximate surface area is 150 Å². The molecule has 0 bridgehead atoms. The summed E-state index contributed by atoms with van der Waals surface area (Å²) in [7, 11) is 0. The monoisotopic (exact) mass is 355 g/mol. The van der Waals surface area contributed by atoms with Gasteiger partial charge in [0.2, 0.25) is 0 Å². The van der Waals surface area contributed by atoms with E-state index in [-0.39, 0.29) is 0 Å². The van der Waals surface area contributed by atoms with Crippen LogP contribution < -0.4 is 5.32 Å². The van der Waals surface area contributed by atoms with Crippen LogP contribution in [0.2, 0.25) is 4.47 Å². The Morgan fingerprint density at radius 1 is 1.08 bits per heavy atom. The molecule has 4 rings (SSSR count). The fraction of sp³-hybridized carbons (Fsp3) is 0.211. The highest BCUT2D eigenvalue weighted by Gasteiger charge is 2.19. The van der Waals surface area contributed by atoms with Crippen LogP contribution in [0.25, 0.3) is 0 Å². The molecule has 3 nitrogen and oxygen atoms in total. The molecule has 0 saturated heterocycles. The SMILES string of the molecule is Clc1ncc(CNc2ccc3c(c2)CN(Cc2ccccc2)C3)s1. The number of halogens is 1. The summed E-state index contributed by atoms with van der Waals surface area (Å²) < 4.78 is 0.595. The second-order valence-corrected chi connectivity index (χ2v) is 7.74. The molecular formula is C19H18ClN3S. The van der Waals surface area contributed by atoms with Gasteiger partial charge >= 0.3 is 0 Å². The third-order valence-corrected chi connectivity index (χ3v) is 5.35. The summed E-state index contributed by atoms with van der Waals surface area (Å²) in [6, 6.07) is 17.3. The Bertz CT molecular complexity index is 832. The maximum absolute atomic E-state index is 5.88. The molecule has 0 spiro atoms. The number of rotatable bonds is 5. The molecule has 1 aliphatic heterocycles. The van der Waals surface area contributed by atoms with Crippen molar-refractivity contribution in [2.75, 3.05) is 5.32 Å². The Morgan fingerprint density at radius 3 is 2.71 bits per heavy atom. The molecule has 0 radical (unpaired) electrons. The van der Waals surface area contributed by atoms with E-state index in [1.54, 1.807) is 0 Å². The minimum Gasteiger partial charge on any atom is -0.380 e. The van der Waals surface area contributed by atoms with E-state index in [1.165, 1.54) is 28.0 Å². The van der Waals surface area contributed by atoms with Crippen LogP contribution in [0.1, 0.15) is 21.6 Å². The van der Waals surface area contributed by atoms with E-state index in [0.29, 0.717) is 4.47 Å². The van der Waals surface area contributed by atoms with Gasteiger partial charge in [-0.2, -0.15) is 0 Å². The van der Waals surface area contributed by atoms with Gasteiger partial charge in [0.1, 0.15) is 0 Å². The standard InChI is InChI=1S/C19H18ClN3S/c20-19-22-10-18(24-19)9-21-17-7-6-15-12-23(13-16(15)8-17)11-14-4-2-1-3-5-14/h1-8,10,21H,9,11-13H2. The quantitative estimate of drug-likeness (QED) is 0.703. The van der Waals surface area contributed by atoms with Gasteiger partial charge in [0, 0.05) is 36.4 Å². The van der Waals surface area contributed by atoms with Crippen LogP contribution in [-0.2, 0) is 26.2 Å². The molecule has 1 aromatic heterocycles. The Morgan fingerprint density at radius 2 is 1.92 bits per heavy atom. The summed E-state index contributed by atoms with van der Waals surface area (Å²) in [5, 5.41) is 3.46. The summed E-state index contributed by atoms with van der Waals surface area (Å²) >= 11 is 7.39. The topological polar surface area (TPSA) is 28.2 Å². The van der Waals surface area contributed by atoms with Gasteiger partial charge < -0.3 is 5.32 Å². The van der Waals surface area contributed by atoms with E-state index in [4.69, 9.17) is 11.6 Å². The van der Waals surface area contributed by atoms with Crippen molar-refractivity contribution >= 4 is 28.6 Å². The van der Waals surface area contributed by atoms with E-state index < -0.39 is 0 Å². The fourth-order valence-corrected chi connectivity index (χ4v) is 4.00. The van der Waals surface area contributed by atoms with Crippen molar-refractivity contribution in [3.63, 3.8) is 0 Å². The minimum atomic E-state index is 0.595. The van der Waals surface area contributed by atoms with E-state index >= 15 is 0 Å². The fourth-order valence-electron chi connectivity index (χ4n) is 3.08. The molecule has 0 fully saturated rings. The molecule has 0 atom stereocenters.